The summed E-state index contributed by atoms with van der Waals surface area (Å²) in [6, 6.07) is 0. The number of allylic oxidation sites excluding steroid dienone is 1. The molecule has 3 heteroatoms. The number of ether oxygens (including phenoxy) is 1. The maximum atomic E-state index is 12.1. The highest BCUT2D eigenvalue weighted by atomic mass is 16.6. The van der Waals surface area contributed by atoms with E-state index in [-0.39, 0.29) is 22.4 Å². The van der Waals surface area contributed by atoms with Gasteiger partial charge >= 0.3 is 5.97 Å². The number of carbonyl (C=O) groups excluding carboxylic acids is 2. The van der Waals surface area contributed by atoms with Crippen molar-refractivity contribution in [1.82, 2.24) is 0 Å². The van der Waals surface area contributed by atoms with E-state index in [0.29, 0.717) is 24.0 Å². The molecule has 1 saturated heterocycles. The third-order valence-corrected chi connectivity index (χ3v) is 10.1. The summed E-state index contributed by atoms with van der Waals surface area (Å²) in [5, 5.41) is 0. The number of esters is 1. The average Bonchev–Trinajstić information content (AvgIpc) is 3.23. The molecule has 1 aliphatic heterocycles. The van der Waals surface area contributed by atoms with Gasteiger partial charge in [0.15, 0.2) is 5.78 Å². The van der Waals surface area contributed by atoms with Crippen molar-refractivity contribution in [3.8, 4) is 0 Å². The monoisotopic (exact) mass is 354 g/mol. The Balaban J connectivity index is 1.40. The van der Waals surface area contributed by atoms with Gasteiger partial charge in [0.25, 0.3) is 0 Å². The molecule has 0 bridgehead atoms. The van der Waals surface area contributed by atoms with E-state index in [9.17, 15) is 9.59 Å². The molecule has 0 aromatic rings. The molecule has 0 amide bonds. The Morgan fingerprint density at radius 3 is 2.58 bits per heavy atom. The van der Waals surface area contributed by atoms with E-state index in [2.05, 4.69) is 13.8 Å². The molecule has 0 N–H and O–H groups in total. The van der Waals surface area contributed by atoms with E-state index < -0.39 is 0 Å². The predicted octanol–water partition coefficient (Wildman–Crippen LogP) is 4.45. The summed E-state index contributed by atoms with van der Waals surface area (Å²) in [6.07, 6.45) is 11.5. The Kier molecular flexibility index (Phi) is 2.84. The molecule has 3 unspecified atom stereocenters. The summed E-state index contributed by atoms with van der Waals surface area (Å²) >= 11 is 0. The molecule has 8 atom stereocenters. The summed E-state index contributed by atoms with van der Waals surface area (Å²) in [4.78, 5) is 24.1. The summed E-state index contributed by atoms with van der Waals surface area (Å²) in [5.41, 5.74) is 1.78. The molecule has 5 aliphatic carbocycles. The Morgan fingerprint density at radius 2 is 1.81 bits per heavy atom. The van der Waals surface area contributed by atoms with E-state index in [4.69, 9.17) is 4.74 Å². The summed E-state index contributed by atoms with van der Waals surface area (Å²) < 4.78 is 6.06. The van der Waals surface area contributed by atoms with Crippen LogP contribution in [0.4, 0.5) is 0 Å². The first-order valence-corrected chi connectivity index (χ1v) is 10.8. The van der Waals surface area contributed by atoms with Crippen LogP contribution in [0.1, 0.15) is 71.6 Å². The van der Waals surface area contributed by atoms with Crippen LogP contribution in [-0.2, 0) is 14.3 Å². The molecule has 6 aliphatic rings. The third-order valence-electron chi connectivity index (χ3n) is 10.1. The normalized spacial score (nSPS) is 57.0. The third kappa shape index (κ3) is 1.67. The highest BCUT2D eigenvalue weighted by molar-refractivity contribution is 5.92. The van der Waals surface area contributed by atoms with E-state index in [1.165, 1.54) is 31.3 Å². The van der Waals surface area contributed by atoms with Crippen LogP contribution in [0.5, 0.6) is 0 Å². The quantitative estimate of drug-likeness (QED) is 0.604. The fourth-order valence-electron chi connectivity index (χ4n) is 8.70. The Hall–Kier alpha value is -1.12. The van der Waals surface area contributed by atoms with Gasteiger partial charge in [-0.3, -0.25) is 9.59 Å². The second kappa shape index (κ2) is 4.64. The highest BCUT2D eigenvalue weighted by Gasteiger charge is 2.71. The first-order valence-electron chi connectivity index (χ1n) is 10.8. The predicted molar refractivity (Wildman–Crippen MR) is 97.1 cm³/mol. The summed E-state index contributed by atoms with van der Waals surface area (Å²) in [6.45, 7) is 4.93. The van der Waals surface area contributed by atoms with Crippen LogP contribution in [0, 0.1) is 40.4 Å². The molecule has 1 spiro atoms. The molecule has 1 heterocycles. The van der Waals surface area contributed by atoms with Crippen molar-refractivity contribution in [1.29, 1.82) is 0 Å². The van der Waals surface area contributed by atoms with Gasteiger partial charge in [0.2, 0.25) is 0 Å². The van der Waals surface area contributed by atoms with Gasteiger partial charge in [-0.25, -0.2) is 0 Å². The zero-order chi connectivity index (χ0) is 17.9. The first kappa shape index (κ1) is 15.9. The van der Waals surface area contributed by atoms with Gasteiger partial charge < -0.3 is 4.74 Å². The van der Waals surface area contributed by atoms with E-state index in [0.717, 1.165) is 43.4 Å². The molecule has 0 aromatic heterocycles. The number of fused-ring (bicyclic) bond motifs is 9. The van der Waals surface area contributed by atoms with Crippen molar-refractivity contribution in [2.24, 2.45) is 40.4 Å². The molecule has 0 aromatic carbocycles. The van der Waals surface area contributed by atoms with Crippen molar-refractivity contribution >= 4 is 11.8 Å². The summed E-state index contributed by atoms with van der Waals surface area (Å²) in [7, 11) is 0. The molecular weight excluding hydrogens is 324 g/mol. The van der Waals surface area contributed by atoms with Crippen molar-refractivity contribution < 1.29 is 14.3 Å². The number of hydrogen-bond acceptors (Lipinski definition) is 3. The topological polar surface area (TPSA) is 43.4 Å². The van der Waals surface area contributed by atoms with Gasteiger partial charge in [0.1, 0.15) is 5.60 Å². The lowest BCUT2D eigenvalue weighted by atomic mass is 9.46. The lowest BCUT2D eigenvalue weighted by Crippen LogP contribution is -2.55. The minimum Gasteiger partial charge on any atom is -0.458 e. The van der Waals surface area contributed by atoms with Gasteiger partial charge in [-0.05, 0) is 86.0 Å². The Bertz CT molecular complexity index is 753. The second-order valence-electron chi connectivity index (χ2n) is 10.7. The number of rotatable bonds is 0. The van der Waals surface area contributed by atoms with Gasteiger partial charge in [0.05, 0.1) is 0 Å². The van der Waals surface area contributed by atoms with Crippen LogP contribution >= 0.6 is 0 Å². The average molecular weight is 354 g/mol. The number of ketones is 1. The Labute approximate surface area is 155 Å². The first-order chi connectivity index (χ1) is 12.4. The standard InChI is InChI=1S/C23H30O3/c1-21-7-3-13(24)11-18(21)14-12-15(14)20-16(21)4-8-22(2)17(20)5-9-23(22)10-6-19(25)26-23/h11,14-17,20H,3-10,12H2,1-2H3/t14-,15+,16?,17?,20?,21-,22+,23-/m1/s1. The fraction of sp³-hybridized carbons (Fsp3) is 0.826. The van der Waals surface area contributed by atoms with E-state index in [1.807, 2.05) is 6.08 Å². The van der Waals surface area contributed by atoms with Crippen molar-refractivity contribution in [2.75, 3.05) is 0 Å². The largest absolute Gasteiger partial charge is 0.458 e. The number of hydrogen-bond donors (Lipinski definition) is 0. The fourth-order valence-corrected chi connectivity index (χ4v) is 8.70. The van der Waals surface area contributed by atoms with Crippen molar-refractivity contribution in [3.63, 3.8) is 0 Å². The molecule has 0 radical (unpaired) electrons. The maximum absolute atomic E-state index is 12.1. The highest BCUT2D eigenvalue weighted by Crippen LogP contribution is 2.75. The molecule has 26 heavy (non-hydrogen) atoms. The van der Waals surface area contributed by atoms with Crippen LogP contribution in [0.2, 0.25) is 0 Å². The smallest absolute Gasteiger partial charge is 0.306 e. The number of carbonyl (C=O) groups is 2. The van der Waals surface area contributed by atoms with Crippen LogP contribution in [0.3, 0.4) is 0 Å². The molecule has 4 saturated carbocycles. The maximum Gasteiger partial charge on any atom is 0.306 e. The zero-order valence-electron chi connectivity index (χ0n) is 16.1. The Morgan fingerprint density at radius 1 is 1.00 bits per heavy atom. The minimum absolute atomic E-state index is 0.0323. The van der Waals surface area contributed by atoms with Gasteiger partial charge in [-0.15, -0.1) is 0 Å². The van der Waals surface area contributed by atoms with Crippen LogP contribution in [-0.4, -0.2) is 17.4 Å². The minimum atomic E-state index is -0.163. The second-order valence-corrected chi connectivity index (χ2v) is 10.7. The lowest BCUT2D eigenvalue weighted by molar-refractivity contribution is -0.168. The zero-order valence-corrected chi connectivity index (χ0v) is 16.1. The van der Waals surface area contributed by atoms with Crippen molar-refractivity contribution in [3.05, 3.63) is 11.6 Å². The van der Waals surface area contributed by atoms with E-state index in [1.54, 1.807) is 0 Å². The van der Waals surface area contributed by atoms with Gasteiger partial charge in [-0.1, -0.05) is 19.4 Å². The van der Waals surface area contributed by atoms with Gasteiger partial charge in [-0.2, -0.15) is 0 Å². The molecular formula is C23H30O3. The summed E-state index contributed by atoms with van der Waals surface area (Å²) in [5.74, 6) is 4.09. The molecule has 6 rings (SSSR count). The SMILES string of the molecule is C[C@]12CCC(=O)C=C1[C@@H]1C[C@@H]1C1C2CC[C@@]2(C)C1CC[C@@]21CCC(=O)O1. The molecule has 3 nitrogen and oxygen atoms in total. The van der Waals surface area contributed by atoms with Crippen molar-refractivity contribution in [2.45, 2.75) is 77.2 Å². The molecule has 140 valence electrons. The van der Waals surface area contributed by atoms with Crippen LogP contribution in [0.15, 0.2) is 11.6 Å². The van der Waals surface area contributed by atoms with Crippen LogP contribution in [0.25, 0.3) is 0 Å². The van der Waals surface area contributed by atoms with Gasteiger partial charge in [0, 0.05) is 18.3 Å². The van der Waals surface area contributed by atoms with E-state index >= 15 is 0 Å². The lowest BCUT2D eigenvalue weighted by Gasteiger charge is -2.59. The van der Waals surface area contributed by atoms with Crippen LogP contribution < -0.4 is 0 Å². The molecule has 5 fully saturated rings.